The molecule has 1 heterocycles. The first kappa shape index (κ1) is 13.0. The maximum Gasteiger partial charge on any atom is 0.121 e. The molecule has 20 heavy (non-hydrogen) atoms. The summed E-state index contributed by atoms with van der Waals surface area (Å²) in [7, 11) is 0. The molecule has 0 fully saturated rings. The normalized spacial score (nSPS) is 10.7. The van der Waals surface area contributed by atoms with Crippen molar-refractivity contribution in [2.45, 2.75) is 16.7 Å². The highest BCUT2D eigenvalue weighted by atomic mass is 32.2. The molecule has 0 aliphatic carbocycles. The number of nitrogens with zero attached hydrogens (tertiary/aromatic N) is 1. The number of benzene rings is 2. The summed E-state index contributed by atoms with van der Waals surface area (Å²) in [4.78, 5) is 6.88. The van der Waals surface area contributed by atoms with Crippen LogP contribution in [0.3, 0.4) is 0 Å². The summed E-state index contributed by atoms with van der Waals surface area (Å²) in [6.07, 6.45) is 1.85. The molecule has 2 aromatic carbocycles. The second-order valence-corrected chi connectivity index (χ2v) is 5.45. The van der Waals surface area contributed by atoms with Gasteiger partial charge in [-0.25, -0.2) is 0 Å². The summed E-state index contributed by atoms with van der Waals surface area (Å²) in [5.74, 6) is 0.870. The summed E-state index contributed by atoms with van der Waals surface area (Å²) < 4.78 is 5.53. The van der Waals surface area contributed by atoms with E-state index in [9.17, 15) is 0 Å². The second-order valence-electron chi connectivity index (χ2n) is 4.34. The SMILES string of the molecule is CCOc1ccc2c(Sc3ccccc3)ccnc2c1. The Labute approximate surface area is 122 Å². The average molecular weight is 281 g/mol. The van der Waals surface area contributed by atoms with E-state index in [4.69, 9.17) is 4.74 Å². The summed E-state index contributed by atoms with van der Waals surface area (Å²) in [5.41, 5.74) is 0.969. The number of ether oxygens (including phenoxy) is 1. The van der Waals surface area contributed by atoms with Crippen LogP contribution in [0.15, 0.2) is 70.6 Å². The summed E-state index contributed by atoms with van der Waals surface area (Å²) in [6, 6.07) is 18.5. The zero-order valence-corrected chi connectivity index (χ0v) is 12.1. The Morgan fingerprint density at radius 3 is 2.70 bits per heavy atom. The number of hydrogen-bond donors (Lipinski definition) is 0. The van der Waals surface area contributed by atoms with Gasteiger partial charge in [0.15, 0.2) is 0 Å². The molecule has 0 aliphatic rings. The number of fused-ring (bicyclic) bond motifs is 1. The van der Waals surface area contributed by atoms with Gasteiger partial charge in [-0.05, 0) is 37.3 Å². The molecule has 0 saturated carbocycles. The summed E-state index contributed by atoms with van der Waals surface area (Å²) in [6.45, 7) is 2.66. The molecule has 3 rings (SSSR count). The molecule has 0 aliphatic heterocycles. The van der Waals surface area contributed by atoms with Crippen LogP contribution >= 0.6 is 11.8 Å². The second kappa shape index (κ2) is 5.97. The number of aromatic nitrogens is 1. The van der Waals surface area contributed by atoms with Crippen LogP contribution in [-0.4, -0.2) is 11.6 Å². The Morgan fingerprint density at radius 1 is 1.05 bits per heavy atom. The molecule has 3 aromatic rings. The van der Waals surface area contributed by atoms with E-state index >= 15 is 0 Å². The first-order valence-corrected chi connectivity index (χ1v) is 7.43. The van der Waals surface area contributed by atoms with Gasteiger partial charge in [0.25, 0.3) is 0 Å². The van der Waals surface area contributed by atoms with E-state index in [0.29, 0.717) is 6.61 Å². The number of pyridine rings is 1. The van der Waals surface area contributed by atoms with E-state index in [0.717, 1.165) is 16.7 Å². The van der Waals surface area contributed by atoms with E-state index in [1.165, 1.54) is 9.79 Å². The van der Waals surface area contributed by atoms with Gasteiger partial charge in [0.1, 0.15) is 5.75 Å². The molecule has 3 heteroatoms. The van der Waals surface area contributed by atoms with Gasteiger partial charge in [-0.2, -0.15) is 0 Å². The van der Waals surface area contributed by atoms with Crippen LogP contribution in [0.5, 0.6) is 5.75 Å². The van der Waals surface area contributed by atoms with Crippen LogP contribution in [0, 0.1) is 0 Å². The van der Waals surface area contributed by atoms with Crippen molar-refractivity contribution < 1.29 is 4.74 Å². The van der Waals surface area contributed by atoms with Crippen molar-refractivity contribution in [3.05, 3.63) is 60.8 Å². The maximum atomic E-state index is 5.53. The molecule has 0 spiro atoms. The van der Waals surface area contributed by atoms with Crippen LogP contribution < -0.4 is 4.74 Å². The lowest BCUT2D eigenvalue weighted by molar-refractivity contribution is 0.340. The van der Waals surface area contributed by atoms with Gasteiger partial charge in [-0.3, -0.25) is 4.98 Å². The average Bonchev–Trinajstić information content (AvgIpc) is 2.49. The predicted molar refractivity (Wildman–Crippen MR) is 83.5 cm³/mol. The largest absolute Gasteiger partial charge is 0.494 e. The third-order valence-corrected chi connectivity index (χ3v) is 4.04. The fraction of sp³-hybridized carbons (Fsp3) is 0.118. The molecule has 0 saturated heterocycles. The van der Waals surface area contributed by atoms with Gasteiger partial charge in [0, 0.05) is 27.4 Å². The highest BCUT2D eigenvalue weighted by Gasteiger charge is 2.05. The van der Waals surface area contributed by atoms with Crippen molar-refractivity contribution in [3.8, 4) is 5.75 Å². The topological polar surface area (TPSA) is 22.1 Å². The lowest BCUT2D eigenvalue weighted by Gasteiger charge is -2.08. The van der Waals surface area contributed by atoms with Crippen LogP contribution in [0.1, 0.15) is 6.92 Å². The minimum atomic E-state index is 0.671. The highest BCUT2D eigenvalue weighted by molar-refractivity contribution is 7.99. The summed E-state index contributed by atoms with van der Waals surface area (Å²) in [5, 5.41) is 1.16. The van der Waals surface area contributed by atoms with Gasteiger partial charge < -0.3 is 4.74 Å². The molecule has 0 amide bonds. The number of hydrogen-bond acceptors (Lipinski definition) is 3. The standard InChI is InChI=1S/C17H15NOS/c1-2-19-13-8-9-15-16(12-13)18-11-10-17(15)20-14-6-4-3-5-7-14/h3-12H,2H2,1H3. The molecule has 0 radical (unpaired) electrons. The van der Waals surface area contributed by atoms with E-state index in [1.807, 2.05) is 31.3 Å². The smallest absolute Gasteiger partial charge is 0.121 e. The van der Waals surface area contributed by atoms with Crippen molar-refractivity contribution in [3.63, 3.8) is 0 Å². The van der Waals surface area contributed by atoms with Crippen LogP contribution in [-0.2, 0) is 0 Å². The Kier molecular flexibility index (Phi) is 3.88. The molecule has 100 valence electrons. The first-order valence-electron chi connectivity index (χ1n) is 6.61. The molecule has 2 nitrogen and oxygen atoms in total. The van der Waals surface area contributed by atoms with Crippen molar-refractivity contribution >= 4 is 22.7 Å². The lowest BCUT2D eigenvalue weighted by atomic mass is 10.2. The Hall–Kier alpha value is -2.00. The monoisotopic (exact) mass is 281 g/mol. The van der Waals surface area contributed by atoms with Crippen LogP contribution in [0.4, 0.5) is 0 Å². The molecule has 0 unspecified atom stereocenters. The third kappa shape index (κ3) is 2.78. The van der Waals surface area contributed by atoms with Crippen LogP contribution in [0.2, 0.25) is 0 Å². The molecular formula is C17H15NOS. The van der Waals surface area contributed by atoms with Crippen molar-refractivity contribution in [1.82, 2.24) is 4.98 Å². The first-order chi connectivity index (χ1) is 9.86. The Morgan fingerprint density at radius 2 is 1.90 bits per heavy atom. The number of rotatable bonds is 4. The van der Waals surface area contributed by atoms with E-state index in [-0.39, 0.29) is 0 Å². The third-order valence-electron chi connectivity index (χ3n) is 2.96. The minimum absolute atomic E-state index is 0.671. The van der Waals surface area contributed by atoms with Gasteiger partial charge in [-0.1, -0.05) is 30.0 Å². The maximum absolute atomic E-state index is 5.53. The molecule has 0 bridgehead atoms. The fourth-order valence-electron chi connectivity index (χ4n) is 2.06. The summed E-state index contributed by atoms with van der Waals surface area (Å²) >= 11 is 1.76. The van der Waals surface area contributed by atoms with E-state index < -0.39 is 0 Å². The zero-order chi connectivity index (χ0) is 13.8. The van der Waals surface area contributed by atoms with Crippen molar-refractivity contribution in [1.29, 1.82) is 0 Å². The van der Waals surface area contributed by atoms with Gasteiger partial charge in [-0.15, -0.1) is 0 Å². The van der Waals surface area contributed by atoms with Crippen molar-refractivity contribution in [2.75, 3.05) is 6.61 Å². The quantitative estimate of drug-likeness (QED) is 0.686. The highest BCUT2D eigenvalue weighted by Crippen LogP contribution is 2.33. The fourth-order valence-corrected chi connectivity index (χ4v) is 3.02. The van der Waals surface area contributed by atoms with E-state index in [1.54, 1.807) is 11.8 Å². The van der Waals surface area contributed by atoms with Gasteiger partial charge in [0.2, 0.25) is 0 Å². The molecular weight excluding hydrogens is 266 g/mol. The molecule has 1 aromatic heterocycles. The minimum Gasteiger partial charge on any atom is -0.494 e. The zero-order valence-electron chi connectivity index (χ0n) is 11.2. The Bertz CT molecular complexity index is 713. The predicted octanol–water partition coefficient (Wildman–Crippen LogP) is 4.78. The van der Waals surface area contributed by atoms with Gasteiger partial charge >= 0.3 is 0 Å². The van der Waals surface area contributed by atoms with Gasteiger partial charge in [0.05, 0.1) is 12.1 Å². The Balaban J connectivity index is 1.99. The van der Waals surface area contributed by atoms with E-state index in [2.05, 4.69) is 41.4 Å². The lowest BCUT2D eigenvalue weighted by Crippen LogP contribution is -1.91. The van der Waals surface area contributed by atoms with Crippen LogP contribution in [0.25, 0.3) is 10.9 Å². The van der Waals surface area contributed by atoms with Crippen molar-refractivity contribution in [2.24, 2.45) is 0 Å². The molecule has 0 atom stereocenters. The molecule has 0 N–H and O–H groups in total.